The Bertz CT molecular complexity index is 1730. The van der Waals surface area contributed by atoms with Crippen molar-refractivity contribution in [2.75, 3.05) is 25.1 Å². The second kappa shape index (κ2) is 14.0. The second-order valence-electron chi connectivity index (χ2n) is 11.5. The Hall–Kier alpha value is -4.23. The van der Waals surface area contributed by atoms with Crippen molar-refractivity contribution < 1.29 is 31.8 Å². The van der Waals surface area contributed by atoms with Crippen molar-refractivity contribution in [1.29, 1.82) is 0 Å². The highest BCUT2D eigenvalue weighted by atomic mass is 32.2. The van der Waals surface area contributed by atoms with Gasteiger partial charge in [-0.1, -0.05) is 6.42 Å². The molecule has 1 unspecified atom stereocenters. The number of nitrogens with zero attached hydrogens (tertiary/aromatic N) is 5. The van der Waals surface area contributed by atoms with Gasteiger partial charge >= 0.3 is 0 Å². The van der Waals surface area contributed by atoms with Crippen molar-refractivity contribution >= 4 is 15.8 Å². The molecule has 3 atom stereocenters. The number of rotatable bonds is 11. The monoisotopic (exact) mass is 651 g/mol. The van der Waals surface area contributed by atoms with Crippen LogP contribution in [0.15, 0.2) is 72.3 Å². The largest absolute Gasteiger partial charge is 0.497 e. The van der Waals surface area contributed by atoms with Crippen LogP contribution in [0.25, 0.3) is 0 Å². The fourth-order valence-electron chi connectivity index (χ4n) is 6.17. The van der Waals surface area contributed by atoms with Crippen LogP contribution >= 0.6 is 0 Å². The molecule has 244 valence electrons. The summed E-state index contributed by atoms with van der Waals surface area (Å²) in [6.07, 6.45) is 13.2. The molecule has 0 bridgehead atoms. The van der Waals surface area contributed by atoms with Crippen molar-refractivity contribution in [2.45, 2.75) is 74.6 Å². The molecular formula is C33H38FN5O6S. The molecule has 0 spiro atoms. The molecule has 0 radical (unpaired) electrons. The van der Waals surface area contributed by atoms with Gasteiger partial charge in [0.1, 0.15) is 52.4 Å². The zero-order valence-corrected chi connectivity index (χ0v) is 26.7. The number of hydrogen-bond acceptors (Lipinski definition) is 9. The molecule has 0 amide bonds. The standard InChI is InChI=1S/C33H38FN5O6S/c1-42-25-11-10-23(30(18-25)43-2)21-39(32-14-15-35-22-36-32)46(40,41)31-13-12-26(17-28(31)34)45-29-8-4-3-7-27(29)24-19-37-38(20-24)33-9-5-6-16-44-33/h10-15,17-20,22,27,29,33H,3-9,16,21H2,1-2H3/t27-,29+,33?/m1/s1. The minimum Gasteiger partial charge on any atom is -0.497 e. The van der Waals surface area contributed by atoms with Gasteiger partial charge in [-0.3, -0.25) is 0 Å². The maximum atomic E-state index is 15.8. The van der Waals surface area contributed by atoms with E-state index in [4.69, 9.17) is 18.9 Å². The summed E-state index contributed by atoms with van der Waals surface area (Å²) in [5, 5.41) is 4.58. The molecule has 1 saturated heterocycles. The lowest BCUT2D eigenvalue weighted by molar-refractivity contribution is -0.0395. The first kappa shape index (κ1) is 31.7. The molecule has 4 aromatic rings. The predicted octanol–water partition coefficient (Wildman–Crippen LogP) is 6.03. The highest BCUT2D eigenvalue weighted by Crippen LogP contribution is 2.38. The van der Waals surface area contributed by atoms with Crippen LogP contribution in [0.1, 0.15) is 68.2 Å². The maximum absolute atomic E-state index is 15.8. The lowest BCUT2D eigenvalue weighted by Crippen LogP contribution is -2.32. The topological polar surface area (TPSA) is 118 Å². The van der Waals surface area contributed by atoms with E-state index in [9.17, 15) is 8.42 Å². The fraction of sp³-hybridized carbons (Fsp3) is 0.424. The Morgan fingerprint density at radius 2 is 1.83 bits per heavy atom. The molecule has 6 rings (SSSR count). The van der Waals surface area contributed by atoms with Crippen LogP contribution in [0.2, 0.25) is 0 Å². The van der Waals surface area contributed by atoms with Gasteiger partial charge in [0.05, 0.1) is 27.0 Å². The predicted molar refractivity (Wildman–Crippen MR) is 168 cm³/mol. The van der Waals surface area contributed by atoms with Gasteiger partial charge < -0.3 is 18.9 Å². The van der Waals surface area contributed by atoms with E-state index < -0.39 is 20.7 Å². The van der Waals surface area contributed by atoms with E-state index in [1.54, 1.807) is 18.2 Å². The summed E-state index contributed by atoms with van der Waals surface area (Å²) in [5.74, 6) is 0.458. The van der Waals surface area contributed by atoms with Crippen LogP contribution in [0.3, 0.4) is 0 Å². The summed E-state index contributed by atoms with van der Waals surface area (Å²) < 4.78 is 69.8. The third kappa shape index (κ3) is 6.80. The van der Waals surface area contributed by atoms with Crippen LogP contribution < -0.4 is 18.5 Å². The highest BCUT2D eigenvalue weighted by molar-refractivity contribution is 7.92. The summed E-state index contributed by atoms with van der Waals surface area (Å²) in [6, 6.07) is 10.4. The lowest BCUT2D eigenvalue weighted by atomic mass is 9.83. The van der Waals surface area contributed by atoms with E-state index >= 15 is 4.39 Å². The summed E-state index contributed by atoms with van der Waals surface area (Å²) in [4.78, 5) is 7.57. The molecule has 46 heavy (non-hydrogen) atoms. The molecular weight excluding hydrogens is 613 g/mol. The molecule has 1 saturated carbocycles. The van der Waals surface area contributed by atoms with Crippen molar-refractivity contribution in [3.05, 3.63) is 84.3 Å². The number of benzene rings is 2. The Morgan fingerprint density at radius 3 is 2.57 bits per heavy atom. The number of ether oxygens (including phenoxy) is 4. The average molecular weight is 652 g/mol. The zero-order valence-electron chi connectivity index (χ0n) is 25.9. The van der Waals surface area contributed by atoms with Crippen LogP contribution in [0, 0.1) is 5.82 Å². The number of anilines is 1. The summed E-state index contributed by atoms with van der Waals surface area (Å²) in [7, 11) is -1.43. The quantitative estimate of drug-likeness (QED) is 0.192. The highest BCUT2D eigenvalue weighted by Gasteiger charge is 2.33. The Morgan fingerprint density at radius 1 is 1.00 bits per heavy atom. The van der Waals surface area contributed by atoms with Crippen LogP contribution in [0.5, 0.6) is 17.2 Å². The van der Waals surface area contributed by atoms with Gasteiger partial charge in [0.25, 0.3) is 10.0 Å². The van der Waals surface area contributed by atoms with Crippen LogP contribution in [0.4, 0.5) is 10.2 Å². The average Bonchev–Trinajstić information content (AvgIpc) is 3.58. The van der Waals surface area contributed by atoms with Crippen molar-refractivity contribution in [3.8, 4) is 17.2 Å². The van der Waals surface area contributed by atoms with Crippen LogP contribution in [-0.4, -0.2) is 55.1 Å². The summed E-state index contributed by atoms with van der Waals surface area (Å²) in [6.45, 7) is 0.562. The number of aromatic nitrogens is 4. The molecule has 13 heteroatoms. The van der Waals surface area contributed by atoms with Crippen molar-refractivity contribution in [2.24, 2.45) is 0 Å². The van der Waals surface area contributed by atoms with Gasteiger partial charge in [-0.25, -0.2) is 31.8 Å². The molecule has 2 aliphatic rings. The van der Waals surface area contributed by atoms with Crippen molar-refractivity contribution in [3.63, 3.8) is 0 Å². The summed E-state index contributed by atoms with van der Waals surface area (Å²) >= 11 is 0. The molecule has 0 N–H and O–H groups in total. The Kier molecular flexibility index (Phi) is 9.69. The number of halogens is 1. The van der Waals surface area contributed by atoms with Crippen molar-refractivity contribution in [1.82, 2.24) is 19.7 Å². The molecule has 11 nitrogen and oxygen atoms in total. The van der Waals surface area contributed by atoms with Gasteiger partial charge in [0, 0.05) is 48.7 Å². The molecule has 3 heterocycles. The van der Waals surface area contributed by atoms with E-state index in [2.05, 4.69) is 15.1 Å². The number of hydrogen-bond donors (Lipinski definition) is 0. The number of methoxy groups -OCH3 is 2. The normalized spacial score (nSPS) is 20.2. The first-order chi connectivity index (χ1) is 22.4. The third-order valence-corrected chi connectivity index (χ3v) is 10.4. The molecule has 2 aromatic carbocycles. The van der Waals surface area contributed by atoms with Gasteiger partial charge in [0.2, 0.25) is 0 Å². The van der Waals surface area contributed by atoms with Gasteiger partial charge in [-0.05, 0) is 68.4 Å². The van der Waals surface area contributed by atoms with E-state index in [0.29, 0.717) is 17.1 Å². The van der Waals surface area contributed by atoms with Gasteiger partial charge in [-0.2, -0.15) is 5.10 Å². The lowest BCUT2D eigenvalue weighted by Gasteiger charge is -2.31. The smallest absolute Gasteiger partial charge is 0.268 e. The maximum Gasteiger partial charge on any atom is 0.268 e. The SMILES string of the molecule is COc1ccc(CN(c2ccncn2)S(=O)(=O)c2ccc(O[C@H]3CCCC[C@@H]3c3cnn(C4CCCCO4)c3)cc2F)c(OC)c1. The third-order valence-electron chi connectivity index (χ3n) is 8.59. The Labute approximate surface area is 268 Å². The number of sulfonamides is 1. The second-order valence-corrected chi connectivity index (χ2v) is 13.3. The van der Waals surface area contributed by atoms with E-state index in [-0.39, 0.29) is 36.4 Å². The summed E-state index contributed by atoms with van der Waals surface area (Å²) in [5.41, 5.74) is 1.60. The van der Waals surface area contributed by atoms with E-state index in [0.717, 1.165) is 67.5 Å². The molecule has 2 aromatic heterocycles. The van der Waals surface area contributed by atoms with Gasteiger partial charge in [-0.15, -0.1) is 0 Å². The minimum atomic E-state index is -4.43. The van der Waals surface area contributed by atoms with E-state index in [1.807, 2.05) is 17.1 Å². The molecule has 1 aliphatic carbocycles. The molecule has 1 aliphatic heterocycles. The van der Waals surface area contributed by atoms with Crippen LogP contribution in [-0.2, 0) is 21.3 Å². The van der Waals surface area contributed by atoms with Gasteiger partial charge in [0.15, 0.2) is 0 Å². The first-order valence-corrected chi connectivity index (χ1v) is 16.9. The van der Waals surface area contributed by atoms with E-state index in [1.165, 1.54) is 44.9 Å². The first-order valence-electron chi connectivity index (χ1n) is 15.5. The molecule has 2 fully saturated rings. The zero-order chi connectivity index (χ0) is 32.1. The Balaban J connectivity index is 1.24. The fourth-order valence-corrected chi connectivity index (χ4v) is 7.61. The minimum absolute atomic E-state index is 0.0539.